The molecule has 0 atom stereocenters. The lowest BCUT2D eigenvalue weighted by Crippen LogP contribution is -2.27. The van der Waals surface area contributed by atoms with Gasteiger partial charge in [0.1, 0.15) is 5.69 Å². The normalized spacial score (nSPS) is 9.69. The number of rotatable bonds is 3. The first-order valence-corrected chi connectivity index (χ1v) is 4.54. The van der Waals surface area contributed by atoms with Crippen molar-refractivity contribution in [2.75, 3.05) is 13.2 Å². The van der Waals surface area contributed by atoms with Gasteiger partial charge in [0, 0.05) is 17.2 Å². The van der Waals surface area contributed by atoms with Crippen molar-refractivity contribution in [1.82, 2.24) is 10.3 Å². The van der Waals surface area contributed by atoms with E-state index in [9.17, 15) is 4.79 Å². The molecule has 0 aliphatic rings. The number of aliphatic hydroxyl groups is 1. The number of pyridine rings is 1. The molecule has 1 rings (SSSR count). The van der Waals surface area contributed by atoms with Crippen LogP contribution >= 0.6 is 15.9 Å². The fourth-order valence-electron chi connectivity index (χ4n) is 0.789. The summed E-state index contributed by atoms with van der Waals surface area (Å²) < 4.78 is 0.802. The molecule has 1 heterocycles. The van der Waals surface area contributed by atoms with E-state index in [1.807, 2.05) is 0 Å². The summed E-state index contributed by atoms with van der Waals surface area (Å²) in [5, 5.41) is 11.0. The molecule has 5 heteroatoms. The highest BCUT2D eigenvalue weighted by Gasteiger charge is 2.05. The molecule has 2 N–H and O–H groups in total. The van der Waals surface area contributed by atoms with Crippen LogP contribution < -0.4 is 5.32 Å². The van der Waals surface area contributed by atoms with Gasteiger partial charge < -0.3 is 10.4 Å². The summed E-state index contributed by atoms with van der Waals surface area (Å²) in [6.07, 6.45) is 1.54. The summed E-state index contributed by atoms with van der Waals surface area (Å²) in [4.78, 5) is 15.1. The first-order chi connectivity index (χ1) is 6.24. The average molecular weight is 245 g/mol. The Labute approximate surface area is 84.1 Å². The van der Waals surface area contributed by atoms with Crippen molar-refractivity contribution >= 4 is 21.8 Å². The summed E-state index contributed by atoms with van der Waals surface area (Å²) in [6, 6.07) is 3.36. The quantitative estimate of drug-likeness (QED) is 0.818. The summed E-state index contributed by atoms with van der Waals surface area (Å²) in [5.74, 6) is -0.282. The largest absolute Gasteiger partial charge is 0.395 e. The van der Waals surface area contributed by atoms with Gasteiger partial charge in [-0.1, -0.05) is 15.9 Å². The van der Waals surface area contributed by atoms with Gasteiger partial charge in [0.15, 0.2) is 0 Å². The number of carbonyl (C=O) groups excluding carboxylic acids is 1. The first-order valence-electron chi connectivity index (χ1n) is 3.74. The minimum atomic E-state index is -0.282. The van der Waals surface area contributed by atoms with Crippen molar-refractivity contribution in [2.24, 2.45) is 0 Å². The number of aliphatic hydroxyl groups excluding tert-OH is 1. The molecular formula is C8H9BrN2O2. The third kappa shape index (κ3) is 3.12. The molecule has 4 nitrogen and oxygen atoms in total. The van der Waals surface area contributed by atoms with Crippen molar-refractivity contribution in [2.45, 2.75) is 0 Å². The number of carbonyl (C=O) groups is 1. The average Bonchev–Trinajstić information content (AvgIpc) is 2.14. The molecule has 1 aromatic heterocycles. The lowest BCUT2D eigenvalue weighted by Gasteiger charge is -2.01. The number of aromatic nitrogens is 1. The van der Waals surface area contributed by atoms with Crippen LogP contribution in [0.2, 0.25) is 0 Å². The molecule has 0 aliphatic heterocycles. The number of hydrogen-bond donors (Lipinski definition) is 2. The maximum atomic E-state index is 11.3. The third-order valence-corrected chi connectivity index (χ3v) is 1.85. The van der Waals surface area contributed by atoms with Gasteiger partial charge in [-0.3, -0.25) is 9.78 Å². The van der Waals surface area contributed by atoms with Crippen LogP contribution in [0, 0.1) is 0 Å². The Morgan fingerprint density at radius 1 is 1.69 bits per heavy atom. The van der Waals surface area contributed by atoms with Gasteiger partial charge in [-0.2, -0.15) is 0 Å². The standard InChI is InChI=1S/C8H9BrN2O2/c9-6-1-2-10-7(5-6)8(13)11-3-4-12/h1-2,5,12H,3-4H2,(H,11,13). The maximum Gasteiger partial charge on any atom is 0.269 e. The second kappa shape index (κ2) is 4.94. The van der Waals surface area contributed by atoms with Crippen LogP contribution in [-0.2, 0) is 0 Å². The Morgan fingerprint density at radius 3 is 3.08 bits per heavy atom. The first kappa shape index (κ1) is 10.1. The predicted octanol–water partition coefficient (Wildman–Crippen LogP) is 0.566. The van der Waals surface area contributed by atoms with Crippen molar-refractivity contribution in [1.29, 1.82) is 0 Å². The molecule has 0 saturated carbocycles. The zero-order chi connectivity index (χ0) is 9.68. The molecule has 0 bridgehead atoms. The minimum absolute atomic E-state index is 0.0697. The molecule has 0 saturated heterocycles. The van der Waals surface area contributed by atoms with E-state index >= 15 is 0 Å². The van der Waals surface area contributed by atoms with Crippen LogP contribution in [0.25, 0.3) is 0 Å². The van der Waals surface area contributed by atoms with Crippen molar-refractivity contribution in [3.63, 3.8) is 0 Å². The van der Waals surface area contributed by atoms with Gasteiger partial charge >= 0.3 is 0 Å². The number of amides is 1. The predicted molar refractivity (Wildman–Crippen MR) is 51.4 cm³/mol. The van der Waals surface area contributed by atoms with Crippen LogP contribution in [0.15, 0.2) is 22.8 Å². The van der Waals surface area contributed by atoms with Gasteiger partial charge in [0.05, 0.1) is 6.61 Å². The summed E-state index contributed by atoms with van der Waals surface area (Å²) in [5.41, 5.74) is 0.336. The summed E-state index contributed by atoms with van der Waals surface area (Å²) in [7, 11) is 0. The molecule has 0 spiro atoms. The SMILES string of the molecule is O=C(NCCO)c1cc(Br)ccn1. The van der Waals surface area contributed by atoms with Crippen LogP contribution in [0.5, 0.6) is 0 Å². The zero-order valence-corrected chi connectivity index (χ0v) is 8.41. The van der Waals surface area contributed by atoms with Crippen molar-refractivity contribution in [3.05, 3.63) is 28.5 Å². The van der Waals surface area contributed by atoms with Gasteiger partial charge in [-0.25, -0.2) is 0 Å². The minimum Gasteiger partial charge on any atom is -0.395 e. The van der Waals surface area contributed by atoms with E-state index < -0.39 is 0 Å². The Kier molecular flexibility index (Phi) is 3.85. The summed E-state index contributed by atoms with van der Waals surface area (Å²) in [6.45, 7) is 0.173. The molecule has 0 aliphatic carbocycles. The molecule has 0 unspecified atom stereocenters. The van der Waals surface area contributed by atoms with Gasteiger partial charge in [0.25, 0.3) is 5.91 Å². The smallest absolute Gasteiger partial charge is 0.269 e. The highest BCUT2D eigenvalue weighted by Crippen LogP contribution is 2.08. The van der Waals surface area contributed by atoms with Crippen LogP contribution in [0.1, 0.15) is 10.5 Å². The highest BCUT2D eigenvalue weighted by atomic mass is 79.9. The lowest BCUT2D eigenvalue weighted by molar-refractivity contribution is 0.0939. The van der Waals surface area contributed by atoms with E-state index in [1.165, 1.54) is 6.20 Å². The Morgan fingerprint density at radius 2 is 2.46 bits per heavy atom. The van der Waals surface area contributed by atoms with Crippen molar-refractivity contribution in [3.8, 4) is 0 Å². The fraction of sp³-hybridized carbons (Fsp3) is 0.250. The third-order valence-electron chi connectivity index (χ3n) is 1.35. The Hall–Kier alpha value is -0.940. The van der Waals surface area contributed by atoms with E-state index in [0.717, 1.165) is 4.47 Å². The second-order valence-corrected chi connectivity index (χ2v) is 3.25. The molecule has 1 aromatic rings. The number of nitrogens with zero attached hydrogens (tertiary/aromatic N) is 1. The monoisotopic (exact) mass is 244 g/mol. The topological polar surface area (TPSA) is 62.2 Å². The molecule has 70 valence electrons. The molecule has 13 heavy (non-hydrogen) atoms. The van der Waals surface area contributed by atoms with Crippen LogP contribution in [0.3, 0.4) is 0 Å². The zero-order valence-electron chi connectivity index (χ0n) is 6.83. The molecular weight excluding hydrogens is 236 g/mol. The summed E-state index contributed by atoms with van der Waals surface area (Å²) >= 11 is 3.23. The Balaban J connectivity index is 2.66. The Bertz CT molecular complexity index is 304. The second-order valence-electron chi connectivity index (χ2n) is 2.34. The van der Waals surface area contributed by atoms with Crippen LogP contribution in [0.4, 0.5) is 0 Å². The van der Waals surface area contributed by atoms with E-state index in [0.29, 0.717) is 5.69 Å². The molecule has 0 radical (unpaired) electrons. The van der Waals surface area contributed by atoms with Gasteiger partial charge in [-0.15, -0.1) is 0 Å². The van der Waals surface area contributed by atoms with E-state index in [1.54, 1.807) is 12.1 Å². The van der Waals surface area contributed by atoms with Gasteiger partial charge in [0.2, 0.25) is 0 Å². The van der Waals surface area contributed by atoms with Crippen LogP contribution in [-0.4, -0.2) is 29.1 Å². The molecule has 0 aromatic carbocycles. The maximum absolute atomic E-state index is 11.3. The lowest BCUT2D eigenvalue weighted by atomic mass is 10.3. The number of nitrogens with one attached hydrogen (secondary N) is 1. The van der Waals surface area contributed by atoms with E-state index in [-0.39, 0.29) is 19.1 Å². The van der Waals surface area contributed by atoms with E-state index in [2.05, 4.69) is 26.2 Å². The highest BCUT2D eigenvalue weighted by molar-refractivity contribution is 9.10. The number of halogens is 1. The van der Waals surface area contributed by atoms with E-state index in [4.69, 9.17) is 5.11 Å². The fourth-order valence-corrected chi connectivity index (χ4v) is 1.12. The number of hydrogen-bond acceptors (Lipinski definition) is 3. The van der Waals surface area contributed by atoms with Crippen molar-refractivity contribution < 1.29 is 9.90 Å². The molecule has 1 amide bonds. The molecule has 0 fully saturated rings. The van der Waals surface area contributed by atoms with Gasteiger partial charge in [-0.05, 0) is 12.1 Å².